The summed E-state index contributed by atoms with van der Waals surface area (Å²) < 4.78 is 0. The molecule has 0 radical (unpaired) electrons. The highest BCUT2D eigenvalue weighted by Crippen LogP contribution is 2.23. The molecule has 2 heterocycles. The molecule has 33 heavy (non-hydrogen) atoms. The van der Waals surface area contributed by atoms with Gasteiger partial charge in [-0.1, -0.05) is 17.7 Å². The predicted octanol–water partition coefficient (Wildman–Crippen LogP) is 3.14. The molecule has 9 nitrogen and oxygen atoms in total. The minimum Gasteiger partial charge on any atom is -0.378 e. The lowest BCUT2D eigenvalue weighted by Crippen LogP contribution is -2.47. The first-order chi connectivity index (χ1) is 15.9. The molecule has 2 aromatic carbocycles. The molecule has 1 aliphatic heterocycles. The Morgan fingerprint density at radius 1 is 1.03 bits per heavy atom. The Morgan fingerprint density at radius 2 is 1.73 bits per heavy atom. The molecule has 1 aliphatic rings. The van der Waals surface area contributed by atoms with E-state index < -0.39 is 0 Å². The molecule has 0 saturated carbocycles. The molecule has 1 aromatic heterocycles. The minimum atomic E-state index is 0.0539. The number of nitrogens with zero attached hydrogens (tertiary/aromatic N) is 8. The number of anilines is 4. The largest absolute Gasteiger partial charge is 0.378 e. The number of rotatable bonds is 5. The van der Waals surface area contributed by atoms with E-state index in [4.69, 9.17) is 17.3 Å². The maximum absolute atomic E-state index is 9.70. The third kappa shape index (κ3) is 5.30. The zero-order valence-corrected chi connectivity index (χ0v) is 19.2. The van der Waals surface area contributed by atoms with Gasteiger partial charge in [0, 0.05) is 56.7 Å². The molecule has 0 amide bonds. The number of nitrogen functional groups attached to an aromatic ring is 1. The van der Waals surface area contributed by atoms with Crippen LogP contribution in [0.5, 0.6) is 0 Å². The summed E-state index contributed by atoms with van der Waals surface area (Å²) in [7, 11) is 3.92. The fourth-order valence-electron chi connectivity index (χ4n) is 3.54. The third-order valence-electron chi connectivity index (χ3n) is 5.30. The summed E-state index contributed by atoms with van der Waals surface area (Å²) in [6, 6.07) is 17.4. The molecule has 1 fully saturated rings. The fraction of sp³-hybridized carbons (Fsp3) is 0.261. The molecule has 0 unspecified atom stereocenters. The van der Waals surface area contributed by atoms with Crippen LogP contribution in [-0.2, 0) is 0 Å². The number of hydrogen-bond donors (Lipinski definition) is 1. The highest BCUT2D eigenvalue weighted by Gasteiger charge is 2.21. The lowest BCUT2D eigenvalue weighted by molar-refractivity contribution is 0.638. The van der Waals surface area contributed by atoms with Crippen LogP contribution in [0.25, 0.3) is 0 Å². The number of benzene rings is 2. The van der Waals surface area contributed by atoms with Crippen LogP contribution < -0.4 is 20.4 Å². The van der Waals surface area contributed by atoms with Crippen LogP contribution in [0.2, 0.25) is 5.02 Å². The van der Waals surface area contributed by atoms with Crippen LogP contribution in [0.1, 0.15) is 5.82 Å². The van der Waals surface area contributed by atoms with E-state index in [1.807, 2.05) is 72.4 Å². The smallest absolute Gasteiger partial charge is 0.230 e. The number of halogens is 1. The monoisotopic (exact) mass is 461 g/mol. The summed E-state index contributed by atoms with van der Waals surface area (Å²) >= 11 is 6.13. The molecule has 0 spiro atoms. The van der Waals surface area contributed by atoms with Gasteiger partial charge in [0.05, 0.1) is 5.69 Å². The van der Waals surface area contributed by atoms with Crippen molar-refractivity contribution in [2.24, 2.45) is 4.99 Å². The molecule has 168 valence electrons. The maximum Gasteiger partial charge on any atom is 0.230 e. The van der Waals surface area contributed by atoms with Gasteiger partial charge in [-0.2, -0.15) is 20.2 Å². The number of nitriles is 1. The third-order valence-corrected chi connectivity index (χ3v) is 5.54. The Bertz CT molecular complexity index is 1190. The van der Waals surface area contributed by atoms with E-state index in [1.54, 1.807) is 0 Å². The van der Waals surface area contributed by atoms with E-state index in [-0.39, 0.29) is 17.5 Å². The molecule has 2 N–H and O–H groups in total. The molecular formula is C23H24ClN9. The standard InChI is InChI=1S/C23H24ClN9/c1-31(2)18-8-6-17(7-9-18)27-20(15-25)21-28-22(26)30-23(29-21)33-12-10-32(11-13-33)19-5-3-4-16(24)14-19/h3-9,14H,10-13H2,1-2H3,(H2,26,28,29,30). The maximum atomic E-state index is 9.70. The Labute approximate surface area is 197 Å². The van der Waals surface area contributed by atoms with E-state index in [1.165, 1.54) is 0 Å². The van der Waals surface area contributed by atoms with Gasteiger partial charge in [-0.05, 0) is 42.5 Å². The van der Waals surface area contributed by atoms with Crippen molar-refractivity contribution in [2.75, 3.05) is 60.7 Å². The van der Waals surface area contributed by atoms with Crippen LogP contribution >= 0.6 is 11.6 Å². The number of aromatic nitrogens is 3. The normalized spacial score (nSPS) is 14.2. The molecular weight excluding hydrogens is 438 g/mol. The SMILES string of the molecule is CN(C)c1ccc(N=C(C#N)c2nc(N)nc(N3CCN(c4cccc(Cl)c4)CC3)n2)cc1. The van der Waals surface area contributed by atoms with E-state index in [2.05, 4.69) is 30.9 Å². The van der Waals surface area contributed by atoms with Gasteiger partial charge in [0.1, 0.15) is 6.07 Å². The zero-order valence-electron chi connectivity index (χ0n) is 18.5. The highest BCUT2D eigenvalue weighted by molar-refractivity contribution is 6.30. The van der Waals surface area contributed by atoms with Gasteiger partial charge < -0.3 is 20.4 Å². The molecule has 4 rings (SSSR count). The van der Waals surface area contributed by atoms with Gasteiger partial charge in [-0.15, -0.1) is 0 Å². The van der Waals surface area contributed by atoms with Gasteiger partial charge in [-0.3, -0.25) is 0 Å². The first-order valence-electron chi connectivity index (χ1n) is 10.5. The average molecular weight is 462 g/mol. The van der Waals surface area contributed by atoms with Gasteiger partial charge >= 0.3 is 0 Å². The summed E-state index contributed by atoms with van der Waals surface area (Å²) in [5, 5.41) is 10.4. The van der Waals surface area contributed by atoms with Crippen molar-refractivity contribution in [3.8, 4) is 6.07 Å². The van der Waals surface area contributed by atoms with Gasteiger partial charge in [0.2, 0.25) is 11.9 Å². The first kappa shape index (κ1) is 22.3. The summed E-state index contributed by atoms with van der Waals surface area (Å²) in [6.07, 6.45) is 0. The molecule has 0 aliphatic carbocycles. The Kier molecular flexibility index (Phi) is 6.56. The van der Waals surface area contributed by atoms with E-state index in [9.17, 15) is 5.26 Å². The summed E-state index contributed by atoms with van der Waals surface area (Å²) in [5.74, 6) is 0.654. The quantitative estimate of drug-likeness (QED) is 0.577. The zero-order chi connectivity index (χ0) is 23.4. The van der Waals surface area contributed by atoms with Crippen molar-refractivity contribution in [3.63, 3.8) is 0 Å². The van der Waals surface area contributed by atoms with E-state index >= 15 is 0 Å². The first-order valence-corrected chi connectivity index (χ1v) is 10.8. The van der Waals surface area contributed by atoms with Crippen molar-refractivity contribution in [1.82, 2.24) is 15.0 Å². The second kappa shape index (κ2) is 9.71. The lowest BCUT2D eigenvalue weighted by Gasteiger charge is -2.36. The lowest BCUT2D eigenvalue weighted by atomic mass is 10.2. The number of aliphatic imine (C=N–C) groups is 1. The second-order valence-electron chi connectivity index (χ2n) is 7.75. The van der Waals surface area contributed by atoms with E-state index in [0.29, 0.717) is 29.7 Å². The number of piperazine rings is 1. The minimum absolute atomic E-state index is 0.0539. The number of nitrogens with two attached hydrogens (primary N) is 1. The predicted molar refractivity (Wildman–Crippen MR) is 133 cm³/mol. The molecule has 10 heteroatoms. The van der Waals surface area contributed by atoms with Gasteiger partial charge in [0.15, 0.2) is 11.5 Å². The Hall–Kier alpha value is -3.90. The summed E-state index contributed by atoms with van der Waals surface area (Å²) in [5.41, 5.74) is 8.79. The van der Waals surface area contributed by atoms with Crippen molar-refractivity contribution in [3.05, 3.63) is 59.4 Å². The Balaban J connectivity index is 1.53. The van der Waals surface area contributed by atoms with Crippen LogP contribution in [0.15, 0.2) is 53.5 Å². The highest BCUT2D eigenvalue weighted by atomic mass is 35.5. The van der Waals surface area contributed by atoms with Crippen LogP contribution in [-0.4, -0.2) is 60.9 Å². The van der Waals surface area contributed by atoms with Gasteiger partial charge in [0.25, 0.3) is 0 Å². The van der Waals surface area contributed by atoms with Crippen LogP contribution in [0, 0.1) is 11.3 Å². The topological polar surface area (TPSA) is 111 Å². The van der Waals surface area contributed by atoms with Crippen LogP contribution in [0.3, 0.4) is 0 Å². The van der Waals surface area contributed by atoms with Gasteiger partial charge in [-0.25, -0.2) is 4.99 Å². The van der Waals surface area contributed by atoms with Crippen LogP contribution in [0.4, 0.5) is 29.0 Å². The van der Waals surface area contributed by atoms with Crippen molar-refractivity contribution in [2.45, 2.75) is 0 Å². The van der Waals surface area contributed by atoms with Crippen molar-refractivity contribution >= 4 is 46.3 Å². The molecule has 1 saturated heterocycles. The molecule has 0 bridgehead atoms. The summed E-state index contributed by atoms with van der Waals surface area (Å²) in [4.78, 5) is 23.7. The molecule has 3 aromatic rings. The Morgan fingerprint density at radius 3 is 2.36 bits per heavy atom. The molecule has 0 atom stereocenters. The number of hydrogen-bond acceptors (Lipinski definition) is 9. The van der Waals surface area contributed by atoms with Crippen molar-refractivity contribution < 1.29 is 0 Å². The second-order valence-corrected chi connectivity index (χ2v) is 8.19. The van der Waals surface area contributed by atoms with E-state index in [0.717, 1.165) is 24.5 Å². The fourth-order valence-corrected chi connectivity index (χ4v) is 3.73. The van der Waals surface area contributed by atoms with Crippen molar-refractivity contribution in [1.29, 1.82) is 5.26 Å². The summed E-state index contributed by atoms with van der Waals surface area (Å²) in [6.45, 7) is 2.94. The average Bonchev–Trinajstić information content (AvgIpc) is 2.82.